The van der Waals surface area contributed by atoms with Gasteiger partial charge in [0, 0.05) is 23.7 Å². The minimum atomic E-state index is -0.530. The van der Waals surface area contributed by atoms with Crippen LogP contribution in [0.4, 0.5) is 0 Å². The summed E-state index contributed by atoms with van der Waals surface area (Å²) < 4.78 is 1.74. The molecule has 0 unspecified atom stereocenters. The van der Waals surface area contributed by atoms with Crippen LogP contribution in [0.5, 0.6) is 5.75 Å². The Bertz CT molecular complexity index is 1270. The number of carbonyl (C=O) groups is 1. The number of amides is 1. The summed E-state index contributed by atoms with van der Waals surface area (Å²) in [5.74, 6) is 0.312. The number of piperidine rings is 1. The number of aryl methyl sites for hydroxylation is 1. The average Bonchev–Trinajstić information content (AvgIpc) is 2.87. The van der Waals surface area contributed by atoms with Crippen LogP contribution in [0.2, 0.25) is 0 Å². The molecule has 2 aromatic carbocycles. The third-order valence-electron chi connectivity index (χ3n) is 7.13. The van der Waals surface area contributed by atoms with Crippen molar-refractivity contribution < 1.29 is 9.90 Å². The summed E-state index contributed by atoms with van der Waals surface area (Å²) in [6.07, 6.45) is 6.38. The van der Waals surface area contributed by atoms with Crippen molar-refractivity contribution in [1.29, 1.82) is 0 Å². The molecule has 6 rings (SSSR count). The molecule has 1 fully saturated rings. The van der Waals surface area contributed by atoms with Gasteiger partial charge in [0.25, 0.3) is 5.91 Å². The second-order valence-electron chi connectivity index (χ2n) is 9.25. The van der Waals surface area contributed by atoms with Gasteiger partial charge in [0.05, 0.1) is 6.04 Å². The maximum atomic E-state index is 13.5. The standard InChI is InChI=1S/C27H27N3O3S/c31-22-12-14-29-25(26(22)32)27(33)28-13-2-1-11-23(28)30(29)24-19-8-3-6-18(16-19)7-5-15-34-21-10-4-9-20(24)17-21/h3-4,6,8-10,12,14,16-17,23-24,32H,1-2,5,7,11,13,15H2/t23-,24+/m1/s1. The van der Waals surface area contributed by atoms with Gasteiger partial charge < -0.3 is 10.0 Å². The Morgan fingerprint density at radius 3 is 2.65 bits per heavy atom. The molecule has 0 aliphatic carbocycles. The van der Waals surface area contributed by atoms with Gasteiger partial charge in [-0.3, -0.25) is 19.3 Å². The molecule has 3 aromatic rings. The van der Waals surface area contributed by atoms with Crippen LogP contribution in [-0.4, -0.2) is 39.1 Å². The van der Waals surface area contributed by atoms with Crippen LogP contribution in [0.15, 0.2) is 70.5 Å². The fourth-order valence-electron chi connectivity index (χ4n) is 5.57. The number of aromatic hydroxyl groups is 1. The van der Waals surface area contributed by atoms with Crippen molar-refractivity contribution in [3.05, 3.63) is 93.4 Å². The van der Waals surface area contributed by atoms with E-state index in [-0.39, 0.29) is 23.8 Å². The molecular weight excluding hydrogens is 446 g/mol. The molecule has 0 radical (unpaired) electrons. The molecule has 34 heavy (non-hydrogen) atoms. The van der Waals surface area contributed by atoms with Crippen LogP contribution in [0.1, 0.15) is 58.9 Å². The van der Waals surface area contributed by atoms with Crippen LogP contribution in [0.3, 0.4) is 0 Å². The SMILES string of the molecule is O=C1c2c(O)c(=O)ccn2N([C@H]2c3cccc(c3)CCCSc3cccc2c3)[C@@H]2CCCCN12. The molecule has 3 aliphatic heterocycles. The highest BCUT2D eigenvalue weighted by Crippen LogP contribution is 2.39. The van der Waals surface area contributed by atoms with E-state index in [0.717, 1.165) is 49.0 Å². The first-order chi connectivity index (χ1) is 16.6. The topological polar surface area (TPSA) is 65.8 Å². The predicted molar refractivity (Wildman–Crippen MR) is 133 cm³/mol. The van der Waals surface area contributed by atoms with E-state index in [4.69, 9.17) is 0 Å². The maximum absolute atomic E-state index is 13.5. The van der Waals surface area contributed by atoms with Gasteiger partial charge >= 0.3 is 0 Å². The Labute approximate surface area is 202 Å². The lowest BCUT2D eigenvalue weighted by Crippen LogP contribution is -2.63. The van der Waals surface area contributed by atoms with E-state index in [9.17, 15) is 14.7 Å². The number of carbonyl (C=O) groups excluding carboxylic acids is 1. The van der Waals surface area contributed by atoms with Crippen molar-refractivity contribution in [3.8, 4) is 5.75 Å². The number of rotatable bonds is 1. The van der Waals surface area contributed by atoms with E-state index in [1.165, 1.54) is 16.5 Å². The van der Waals surface area contributed by atoms with Gasteiger partial charge in [0.15, 0.2) is 11.4 Å². The summed E-state index contributed by atoms with van der Waals surface area (Å²) in [5.41, 5.74) is 3.10. The number of pyridine rings is 1. The third kappa shape index (κ3) is 3.50. The Balaban J connectivity index is 1.62. The number of fused-ring (bicyclic) bond motifs is 6. The Kier molecular flexibility index (Phi) is 5.37. The smallest absolute Gasteiger partial charge is 0.278 e. The molecule has 1 N–H and O–H groups in total. The second-order valence-corrected chi connectivity index (χ2v) is 10.4. The number of hydrogen-bond acceptors (Lipinski definition) is 5. The van der Waals surface area contributed by atoms with E-state index in [0.29, 0.717) is 6.54 Å². The molecule has 3 aliphatic rings. The van der Waals surface area contributed by atoms with Crippen LogP contribution < -0.4 is 10.4 Å². The van der Waals surface area contributed by atoms with Gasteiger partial charge in [-0.05, 0) is 66.7 Å². The highest BCUT2D eigenvalue weighted by molar-refractivity contribution is 7.99. The molecule has 7 heteroatoms. The summed E-state index contributed by atoms with van der Waals surface area (Å²) in [6.45, 7) is 0.616. The minimum Gasteiger partial charge on any atom is -0.502 e. The van der Waals surface area contributed by atoms with Crippen molar-refractivity contribution in [2.75, 3.05) is 17.3 Å². The molecule has 1 saturated heterocycles. The van der Waals surface area contributed by atoms with Crippen LogP contribution in [0, 0.1) is 0 Å². The lowest BCUT2D eigenvalue weighted by Gasteiger charge is -2.51. The van der Waals surface area contributed by atoms with Crippen molar-refractivity contribution in [2.24, 2.45) is 0 Å². The van der Waals surface area contributed by atoms with E-state index in [1.54, 1.807) is 10.9 Å². The van der Waals surface area contributed by atoms with Gasteiger partial charge in [-0.2, -0.15) is 0 Å². The summed E-state index contributed by atoms with van der Waals surface area (Å²) in [4.78, 5) is 28.9. The molecule has 1 amide bonds. The zero-order valence-corrected chi connectivity index (χ0v) is 19.7. The lowest BCUT2D eigenvalue weighted by atomic mass is 9.93. The number of thioether (sulfide) groups is 1. The fourth-order valence-corrected chi connectivity index (χ4v) is 6.49. The van der Waals surface area contributed by atoms with Crippen LogP contribution in [-0.2, 0) is 6.42 Å². The van der Waals surface area contributed by atoms with E-state index < -0.39 is 11.2 Å². The van der Waals surface area contributed by atoms with Gasteiger partial charge in [-0.1, -0.05) is 36.4 Å². The first kappa shape index (κ1) is 21.4. The minimum absolute atomic E-state index is 0.0571. The lowest BCUT2D eigenvalue weighted by molar-refractivity contribution is 0.0462. The van der Waals surface area contributed by atoms with Crippen molar-refractivity contribution in [3.63, 3.8) is 0 Å². The Morgan fingerprint density at radius 1 is 0.941 bits per heavy atom. The normalized spacial score (nSPS) is 21.9. The molecule has 0 spiro atoms. The molecule has 174 valence electrons. The van der Waals surface area contributed by atoms with E-state index >= 15 is 0 Å². The highest BCUT2D eigenvalue weighted by atomic mass is 32.2. The van der Waals surface area contributed by atoms with Crippen LogP contribution >= 0.6 is 11.8 Å². The monoisotopic (exact) mass is 473 g/mol. The quantitative estimate of drug-likeness (QED) is 0.571. The van der Waals surface area contributed by atoms with Gasteiger partial charge in [-0.25, -0.2) is 0 Å². The number of aromatic nitrogens is 1. The first-order valence-corrected chi connectivity index (χ1v) is 13.0. The zero-order valence-electron chi connectivity index (χ0n) is 18.9. The van der Waals surface area contributed by atoms with Gasteiger partial charge in [0.2, 0.25) is 5.43 Å². The molecule has 6 nitrogen and oxygen atoms in total. The molecule has 4 bridgehead atoms. The number of benzene rings is 2. The second kappa shape index (κ2) is 8.55. The summed E-state index contributed by atoms with van der Waals surface area (Å²) in [5, 5.41) is 12.9. The van der Waals surface area contributed by atoms with Crippen molar-refractivity contribution in [2.45, 2.75) is 49.2 Å². The van der Waals surface area contributed by atoms with Crippen molar-refractivity contribution >= 4 is 17.7 Å². The summed E-state index contributed by atoms with van der Waals surface area (Å²) in [7, 11) is 0. The molecule has 1 aromatic heterocycles. The summed E-state index contributed by atoms with van der Waals surface area (Å²) >= 11 is 1.87. The summed E-state index contributed by atoms with van der Waals surface area (Å²) in [6, 6.07) is 18.5. The number of hydrogen-bond donors (Lipinski definition) is 1. The van der Waals surface area contributed by atoms with E-state index in [1.807, 2.05) is 16.7 Å². The third-order valence-corrected chi connectivity index (χ3v) is 8.21. The first-order valence-electron chi connectivity index (χ1n) is 12.0. The van der Waals surface area contributed by atoms with E-state index in [2.05, 4.69) is 53.5 Å². The average molecular weight is 474 g/mol. The highest BCUT2D eigenvalue weighted by Gasteiger charge is 2.44. The molecular formula is C27H27N3O3S. The fraction of sp³-hybridized carbons (Fsp3) is 0.333. The predicted octanol–water partition coefficient (Wildman–Crippen LogP) is 4.29. The molecule has 2 atom stereocenters. The largest absolute Gasteiger partial charge is 0.502 e. The Morgan fingerprint density at radius 2 is 1.76 bits per heavy atom. The Hall–Kier alpha value is -3.19. The maximum Gasteiger partial charge on any atom is 0.278 e. The van der Waals surface area contributed by atoms with Crippen LogP contribution in [0.25, 0.3) is 0 Å². The number of nitrogens with zero attached hydrogens (tertiary/aromatic N) is 3. The van der Waals surface area contributed by atoms with Gasteiger partial charge in [-0.15, -0.1) is 11.8 Å². The van der Waals surface area contributed by atoms with Gasteiger partial charge in [0.1, 0.15) is 6.17 Å². The van der Waals surface area contributed by atoms with Crippen molar-refractivity contribution in [1.82, 2.24) is 9.58 Å². The molecule has 4 heterocycles. The zero-order chi connectivity index (χ0) is 23.2. The molecule has 0 saturated carbocycles.